The first-order valence-corrected chi connectivity index (χ1v) is 8.68. The normalized spacial score (nSPS) is 10.5. The van der Waals surface area contributed by atoms with Crippen molar-refractivity contribution in [1.82, 2.24) is 4.90 Å². The summed E-state index contributed by atoms with van der Waals surface area (Å²) in [5, 5.41) is 0. The Morgan fingerprint density at radius 2 is 1.70 bits per heavy atom. The van der Waals surface area contributed by atoms with Crippen LogP contribution in [-0.4, -0.2) is 30.3 Å². The zero-order valence-corrected chi connectivity index (χ0v) is 14.5. The average Bonchev–Trinajstić information content (AvgIpc) is 2.55. The van der Waals surface area contributed by atoms with Gasteiger partial charge in [-0.15, -0.1) is 0 Å². The molecule has 0 saturated heterocycles. The molecular formula is C19H30N2O2. The van der Waals surface area contributed by atoms with Crippen LogP contribution in [0.2, 0.25) is 0 Å². The van der Waals surface area contributed by atoms with E-state index in [1.807, 2.05) is 19.2 Å². The monoisotopic (exact) mass is 318 g/mol. The maximum atomic E-state index is 12.2. The number of carbonyl (C=O) groups excluding carboxylic acids is 2. The standard InChI is InChI=1S/C19H30N2O2/c1-3-4-5-6-7-10-15-21(2)18(22)14-13-16-11-8-9-12-17(16)19(20)23/h8-9,11-12H,3-7,10,13-15H2,1-2H3,(H2,20,23). The Hall–Kier alpha value is -1.84. The summed E-state index contributed by atoms with van der Waals surface area (Å²) in [6.07, 6.45) is 8.31. The fraction of sp³-hybridized carbons (Fsp3) is 0.579. The number of rotatable bonds is 11. The van der Waals surface area contributed by atoms with Crippen LogP contribution in [0.3, 0.4) is 0 Å². The Bertz CT molecular complexity index is 500. The molecule has 0 aliphatic rings. The fourth-order valence-corrected chi connectivity index (χ4v) is 2.67. The van der Waals surface area contributed by atoms with Crippen LogP contribution in [0.1, 0.15) is 67.8 Å². The van der Waals surface area contributed by atoms with Crippen molar-refractivity contribution in [2.45, 2.75) is 58.3 Å². The summed E-state index contributed by atoms with van der Waals surface area (Å²) < 4.78 is 0. The van der Waals surface area contributed by atoms with Gasteiger partial charge in [-0.05, 0) is 24.5 Å². The lowest BCUT2D eigenvalue weighted by Gasteiger charge is -2.17. The van der Waals surface area contributed by atoms with Crippen molar-refractivity contribution in [1.29, 1.82) is 0 Å². The van der Waals surface area contributed by atoms with Crippen LogP contribution in [0, 0.1) is 0 Å². The molecule has 1 rings (SSSR count). The molecule has 0 heterocycles. The van der Waals surface area contributed by atoms with E-state index in [0.29, 0.717) is 18.4 Å². The summed E-state index contributed by atoms with van der Waals surface area (Å²) >= 11 is 0. The molecule has 1 aromatic rings. The van der Waals surface area contributed by atoms with Crippen LogP contribution in [0.15, 0.2) is 24.3 Å². The number of carbonyl (C=O) groups is 2. The van der Waals surface area contributed by atoms with Gasteiger partial charge in [-0.1, -0.05) is 57.2 Å². The minimum atomic E-state index is -0.437. The minimum absolute atomic E-state index is 0.123. The third kappa shape index (κ3) is 7.31. The van der Waals surface area contributed by atoms with Gasteiger partial charge in [0.15, 0.2) is 0 Å². The lowest BCUT2D eigenvalue weighted by atomic mass is 10.0. The zero-order valence-electron chi connectivity index (χ0n) is 14.5. The van der Waals surface area contributed by atoms with Gasteiger partial charge in [-0.2, -0.15) is 0 Å². The van der Waals surface area contributed by atoms with E-state index in [-0.39, 0.29) is 5.91 Å². The summed E-state index contributed by atoms with van der Waals surface area (Å²) in [5.41, 5.74) is 6.72. The average molecular weight is 318 g/mol. The van der Waals surface area contributed by atoms with Crippen molar-refractivity contribution in [3.8, 4) is 0 Å². The van der Waals surface area contributed by atoms with Crippen LogP contribution in [0.5, 0.6) is 0 Å². The Morgan fingerprint density at radius 3 is 2.39 bits per heavy atom. The predicted molar refractivity (Wildman–Crippen MR) is 94.3 cm³/mol. The third-order valence-electron chi connectivity index (χ3n) is 4.16. The topological polar surface area (TPSA) is 63.4 Å². The molecule has 0 aromatic heterocycles. The van der Waals surface area contributed by atoms with E-state index in [0.717, 1.165) is 18.5 Å². The number of hydrogen-bond acceptors (Lipinski definition) is 2. The molecule has 4 nitrogen and oxygen atoms in total. The van der Waals surface area contributed by atoms with E-state index >= 15 is 0 Å². The minimum Gasteiger partial charge on any atom is -0.366 e. The van der Waals surface area contributed by atoms with Crippen molar-refractivity contribution in [2.75, 3.05) is 13.6 Å². The second-order valence-corrected chi connectivity index (χ2v) is 6.10. The van der Waals surface area contributed by atoms with Gasteiger partial charge in [-0.25, -0.2) is 0 Å². The fourth-order valence-electron chi connectivity index (χ4n) is 2.67. The summed E-state index contributed by atoms with van der Waals surface area (Å²) in [6, 6.07) is 7.23. The maximum Gasteiger partial charge on any atom is 0.248 e. The van der Waals surface area contributed by atoms with Gasteiger partial charge >= 0.3 is 0 Å². The molecule has 0 saturated carbocycles. The molecule has 0 aliphatic carbocycles. The van der Waals surface area contributed by atoms with Gasteiger partial charge in [0.05, 0.1) is 0 Å². The molecule has 0 aliphatic heterocycles. The first-order valence-electron chi connectivity index (χ1n) is 8.68. The molecule has 0 atom stereocenters. The number of benzene rings is 1. The molecule has 0 spiro atoms. The Labute approximate surface area is 140 Å². The Balaban J connectivity index is 2.32. The quantitative estimate of drug-likeness (QED) is 0.634. The lowest BCUT2D eigenvalue weighted by molar-refractivity contribution is -0.129. The van der Waals surface area contributed by atoms with Crippen LogP contribution in [-0.2, 0) is 11.2 Å². The highest BCUT2D eigenvalue weighted by atomic mass is 16.2. The molecule has 4 heteroatoms. The largest absolute Gasteiger partial charge is 0.366 e. The second-order valence-electron chi connectivity index (χ2n) is 6.10. The molecule has 128 valence electrons. The van der Waals surface area contributed by atoms with E-state index in [1.165, 1.54) is 32.1 Å². The van der Waals surface area contributed by atoms with Crippen LogP contribution < -0.4 is 5.73 Å². The Kier molecular flexibility index (Phi) is 9.03. The SMILES string of the molecule is CCCCCCCCN(C)C(=O)CCc1ccccc1C(N)=O. The van der Waals surface area contributed by atoms with Gasteiger partial charge in [0.2, 0.25) is 11.8 Å². The van der Waals surface area contributed by atoms with E-state index in [4.69, 9.17) is 5.73 Å². The molecule has 0 bridgehead atoms. The van der Waals surface area contributed by atoms with Gasteiger partial charge in [0.1, 0.15) is 0 Å². The highest BCUT2D eigenvalue weighted by Gasteiger charge is 2.12. The molecule has 1 aromatic carbocycles. The highest BCUT2D eigenvalue weighted by Crippen LogP contribution is 2.12. The molecule has 2 amide bonds. The first-order chi connectivity index (χ1) is 11.1. The van der Waals surface area contributed by atoms with Gasteiger partial charge < -0.3 is 10.6 Å². The molecule has 0 fully saturated rings. The van der Waals surface area contributed by atoms with Crippen molar-refractivity contribution in [3.05, 3.63) is 35.4 Å². The van der Waals surface area contributed by atoms with Gasteiger partial charge in [0.25, 0.3) is 0 Å². The van der Waals surface area contributed by atoms with Gasteiger partial charge in [-0.3, -0.25) is 9.59 Å². The van der Waals surface area contributed by atoms with Gasteiger partial charge in [0, 0.05) is 25.6 Å². The molecule has 0 unspecified atom stereocenters. The number of hydrogen-bond donors (Lipinski definition) is 1. The van der Waals surface area contributed by atoms with Crippen molar-refractivity contribution in [3.63, 3.8) is 0 Å². The third-order valence-corrected chi connectivity index (χ3v) is 4.16. The smallest absolute Gasteiger partial charge is 0.248 e. The van der Waals surface area contributed by atoms with Crippen LogP contribution in [0.25, 0.3) is 0 Å². The second kappa shape index (κ2) is 10.8. The number of nitrogens with zero attached hydrogens (tertiary/aromatic N) is 1. The summed E-state index contributed by atoms with van der Waals surface area (Å²) in [4.78, 5) is 25.3. The van der Waals surface area contributed by atoms with Crippen molar-refractivity contribution in [2.24, 2.45) is 5.73 Å². The highest BCUT2D eigenvalue weighted by molar-refractivity contribution is 5.94. The lowest BCUT2D eigenvalue weighted by Crippen LogP contribution is -2.28. The predicted octanol–water partition coefficient (Wildman–Crippen LogP) is 3.54. The van der Waals surface area contributed by atoms with E-state index in [9.17, 15) is 9.59 Å². The summed E-state index contributed by atoms with van der Waals surface area (Å²) in [6.45, 7) is 3.02. The van der Waals surface area contributed by atoms with Crippen LogP contribution in [0.4, 0.5) is 0 Å². The number of nitrogens with two attached hydrogens (primary N) is 1. The van der Waals surface area contributed by atoms with E-state index in [1.54, 1.807) is 17.0 Å². The number of amides is 2. The van der Waals surface area contributed by atoms with E-state index < -0.39 is 5.91 Å². The molecule has 0 radical (unpaired) electrons. The number of unbranched alkanes of at least 4 members (excludes halogenated alkanes) is 5. The first kappa shape index (κ1) is 19.2. The Morgan fingerprint density at radius 1 is 1.04 bits per heavy atom. The summed E-state index contributed by atoms with van der Waals surface area (Å²) in [5.74, 6) is -0.314. The zero-order chi connectivity index (χ0) is 17.1. The maximum absolute atomic E-state index is 12.2. The van der Waals surface area contributed by atoms with E-state index in [2.05, 4.69) is 6.92 Å². The molecule has 23 heavy (non-hydrogen) atoms. The van der Waals surface area contributed by atoms with Crippen molar-refractivity contribution >= 4 is 11.8 Å². The molecule has 2 N–H and O–H groups in total. The van der Waals surface area contributed by atoms with Crippen LogP contribution >= 0.6 is 0 Å². The number of aryl methyl sites for hydroxylation is 1. The summed E-state index contributed by atoms with van der Waals surface area (Å²) in [7, 11) is 1.86. The van der Waals surface area contributed by atoms with Crippen molar-refractivity contribution < 1.29 is 9.59 Å². The molecular weight excluding hydrogens is 288 g/mol. The number of primary amides is 1.